The van der Waals surface area contributed by atoms with Crippen molar-refractivity contribution in [3.05, 3.63) is 112 Å². The standard InChI is InChI=1S/C33H33N3O5/c1-19-9-8-14-34-32(19)36-33(39)29-20(2)35-26-16-24(22-10-6-5-7-11-22)17-27(38)31(26)30(29)23-12-13-28(40-4)25(15-23)18-41-21(3)37/h5-15,24,30,35H,16-18H2,1-4H3,(H,34,36,39)/t24-,30-/m1/s1. The monoisotopic (exact) mass is 551 g/mol. The molecule has 1 amide bonds. The summed E-state index contributed by atoms with van der Waals surface area (Å²) in [4.78, 5) is 43.8. The Kier molecular flexibility index (Phi) is 8.01. The number of hydrogen-bond acceptors (Lipinski definition) is 7. The fourth-order valence-corrected chi connectivity index (χ4v) is 5.70. The van der Waals surface area contributed by atoms with E-state index in [1.165, 1.54) is 6.92 Å². The van der Waals surface area contributed by atoms with Crippen molar-refractivity contribution in [2.75, 3.05) is 12.4 Å². The van der Waals surface area contributed by atoms with Crippen LogP contribution in [0.1, 0.15) is 60.8 Å². The van der Waals surface area contributed by atoms with Gasteiger partial charge in [0.15, 0.2) is 5.78 Å². The molecule has 1 aliphatic heterocycles. The quantitative estimate of drug-likeness (QED) is 0.376. The lowest BCUT2D eigenvalue weighted by Gasteiger charge is -2.37. The fraction of sp³-hybridized carbons (Fsp3) is 0.273. The summed E-state index contributed by atoms with van der Waals surface area (Å²) in [6, 6.07) is 19.2. The number of benzene rings is 2. The zero-order valence-electron chi connectivity index (χ0n) is 23.6. The number of allylic oxidation sites excluding steroid dienone is 3. The fourth-order valence-electron chi connectivity index (χ4n) is 5.70. The van der Waals surface area contributed by atoms with E-state index in [0.717, 1.165) is 22.4 Å². The number of aryl methyl sites for hydroxylation is 1. The largest absolute Gasteiger partial charge is 0.496 e. The summed E-state index contributed by atoms with van der Waals surface area (Å²) in [6.45, 7) is 5.08. The topological polar surface area (TPSA) is 107 Å². The molecular formula is C33H33N3O5. The van der Waals surface area contributed by atoms with Crippen molar-refractivity contribution in [3.63, 3.8) is 0 Å². The molecule has 1 aliphatic carbocycles. The van der Waals surface area contributed by atoms with E-state index >= 15 is 0 Å². The number of carbonyl (C=O) groups excluding carboxylic acids is 3. The van der Waals surface area contributed by atoms with Crippen molar-refractivity contribution >= 4 is 23.5 Å². The lowest BCUT2D eigenvalue weighted by atomic mass is 9.71. The second-order valence-electron chi connectivity index (χ2n) is 10.4. The molecule has 0 spiro atoms. The molecule has 210 valence electrons. The van der Waals surface area contributed by atoms with E-state index in [1.807, 2.05) is 68.4 Å². The third kappa shape index (κ3) is 5.77. The molecular weight excluding hydrogens is 518 g/mol. The minimum Gasteiger partial charge on any atom is -0.496 e. The van der Waals surface area contributed by atoms with Crippen LogP contribution < -0.4 is 15.4 Å². The Morgan fingerprint density at radius 3 is 2.51 bits per heavy atom. The third-order valence-corrected chi connectivity index (χ3v) is 7.65. The Morgan fingerprint density at radius 2 is 1.80 bits per heavy atom. The van der Waals surface area contributed by atoms with E-state index < -0.39 is 11.9 Å². The Bertz CT molecular complexity index is 1570. The number of carbonyl (C=O) groups is 3. The highest BCUT2D eigenvalue weighted by Crippen LogP contribution is 2.46. The van der Waals surface area contributed by atoms with Crippen LogP contribution in [0.5, 0.6) is 5.75 Å². The van der Waals surface area contributed by atoms with Crippen LogP contribution in [-0.4, -0.2) is 29.8 Å². The summed E-state index contributed by atoms with van der Waals surface area (Å²) in [6.07, 6.45) is 2.61. The molecule has 5 rings (SSSR count). The maximum absolute atomic E-state index is 13.9. The Balaban J connectivity index is 1.61. The maximum atomic E-state index is 13.9. The lowest BCUT2D eigenvalue weighted by molar-refractivity contribution is -0.142. The third-order valence-electron chi connectivity index (χ3n) is 7.65. The summed E-state index contributed by atoms with van der Waals surface area (Å²) >= 11 is 0. The summed E-state index contributed by atoms with van der Waals surface area (Å²) in [5.74, 6) is -0.369. The SMILES string of the molecule is COc1ccc([C@@H]2C(C(=O)Nc3ncccc3C)=C(C)NC3=C2C(=O)C[C@H](c2ccccc2)C3)cc1COC(C)=O. The molecule has 0 bridgehead atoms. The van der Waals surface area contributed by atoms with Crippen molar-refractivity contribution in [3.8, 4) is 5.75 Å². The van der Waals surface area contributed by atoms with Gasteiger partial charge in [0.25, 0.3) is 5.91 Å². The van der Waals surface area contributed by atoms with Gasteiger partial charge in [-0.3, -0.25) is 14.4 Å². The van der Waals surface area contributed by atoms with Gasteiger partial charge in [-0.25, -0.2) is 4.98 Å². The molecule has 8 heteroatoms. The van der Waals surface area contributed by atoms with Crippen molar-refractivity contribution in [2.45, 2.75) is 52.1 Å². The van der Waals surface area contributed by atoms with Crippen molar-refractivity contribution in [1.29, 1.82) is 0 Å². The highest BCUT2D eigenvalue weighted by Gasteiger charge is 2.41. The smallest absolute Gasteiger partial charge is 0.302 e. The number of Topliss-reactive ketones (excluding diaryl/α,β-unsaturated/α-hetero) is 1. The molecule has 0 saturated carbocycles. The number of anilines is 1. The van der Waals surface area contributed by atoms with Gasteiger partial charge >= 0.3 is 5.97 Å². The number of ether oxygens (including phenoxy) is 2. The number of aromatic nitrogens is 1. The average Bonchev–Trinajstić information content (AvgIpc) is 2.96. The number of ketones is 1. The first-order valence-electron chi connectivity index (χ1n) is 13.6. The summed E-state index contributed by atoms with van der Waals surface area (Å²) in [5.41, 5.74) is 5.80. The molecule has 8 nitrogen and oxygen atoms in total. The van der Waals surface area contributed by atoms with Gasteiger partial charge in [0.05, 0.1) is 7.11 Å². The molecule has 0 fully saturated rings. The molecule has 0 unspecified atom stereocenters. The van der Waals surface area contributed by atoms with Gasteiger partial charge in [0.1, 0.15) is 18.2 Å². The van der Waals surface area contributed by atoms with E-state index in [-0.39, 0.29) is 24.2 Å². The predicted octanol–water partition coefficient (Wildman–Crippen LogP) is 5.46. The van der Waals surface area contributed by atoms with Crippen molar-refractivity contribution < 1.29 is 23.9 Å². The van der Waals surface area contributed by atoms with Crippen LogP contribution in [0, 0.1) is 6.92 Å². The number of pyridine rings is 1. The number of esters is 1. The van der Waals surface area contributed by atoms with Crippen molar-refractivity contribution in [1.82, 2.24) is 10.3 Å². The van der Waals surface area contributed by atoms with Crippen LogP contribution in [0.25, 0.3) is 0 Å². The summed E-state index contributed by atoms with van der Waals surface area (Å²) < 4.78 is 10.8. The zero-order chi connectivity index (χ0) is 29.1. The second kappa shape index (κ2) is 11.8. The molecule has 2 atom stereocenters. The number of nitrogens with zero attached hydrogens (tertiary/aromatic N) is 1. The van der Waals surface area contributed by atoms with E-state index in [0.29, 0.717) is 46.8 Å². The Hall–Kier alpha value is -4.72. The van der Waals surface area contributed by atoms with E-state index in [1.54, 1.807) is 19.4 Å². The van der Waals surface area contributed by atoms with Crippen LogP contribution in [0.4, 0.5) is 5.82 Å². The first-order valence-corrected chi connectivity index (χ1v) is 13.6. The van der Waals surface area contributed by atoms with Crippen LogP contribution in [0.15, 0.2) is 89.4 Å². The van der Waals surface area contributed by atoms with Gasteiger partial charge in [-0.1, -0.05) is 42.5 Å². The van der Waals surface area contributed by atoms with Crippen LogP contribution in [0.3, 0.4) is 0 Å². The number of hydrogen-bond donors (Lipinski definition) is 2. The van der Waals surface area contributed by atoms with Gasteiger partial charge in [-0.2, -0.15) is 0 Å². The van der Waals surface area contributed by atoms with E-state index in [2.05, 4.69) is 15.6 Å². The summed E-state index contributed by atoms with van der Waals surface area (Å²) in [7, 11) is 1.55. The molecule has 0 saturated heterocycles. The van der Waals surface area contributed by atoms with Crippen molar-refractivity contribution in [2.24, 2.45) is 0 Å². The highest BCUT2D eigenvalue weighted by atomic mass is 16.5. The molecule has 41 heavy (non-hydrogen) atoms. The molecule has 1 aromatic heterocycles. The molecule has 2 heterocycles. The zero-order valence-corrected chi connectivity index (χ0v) is 23.6. The van der Waals surface area contributed by atoms with Crippen LogP contribution in [-0.2, 0) is 25.7 Å². The minimum atomic E-state index is -0.638. The molecule has 3 aromatic rings. The molecule has 2 aromatic carbocycles. The van der Waals surface area contributed by atoms with E-state index in [4.69, 9.17) is 9.47 Å². The van der Waals surface area contributed by atoms with Gasteiger partial charge in [0, 0.05) is 53.6 Å². The number of rotatable bonds is 7. The molecule has 2 aliphatic rings. The van der Waals surface area contributed by atoms with E-state index in [9.17, 15) is 14.4 Å². The summed E-state index contributed by atoms with van der Waals surface area (Å²) in [5, 5.41) is 6.38. The van der Waals surface area contributed by atoms with Gasteiger partial charge < -0.3 is 20.1 Å². The van der Waals surface area contributed by atoms with Gasteiger partial charge in [-0.15, -0.1) is 0 Å². The first-order chi connectivity index (χ1) is 19.8. The number of nitrogens with one attached hydrogen (secondary N) is 2. The second-order valence-corrected chi connectivity index (χ2v) is 10.4. The normalized spacial score (nSPS) is 18.4. The van der Waals surface area contributed by atoms with Crippen LogP contribution in [0.2, 0.25) is 0 Å². The Labute approximate surface area is 239 Å². The number of methoxy groups -OCH3 is 1. The van der Waals surface area contributed by atoms with Gasteiger partial charge in [0.2, 0.25) is 0 Å². The number of dihydropyridines is 1. The highest BCUT2D eigenvalue weighted by molar-refractivity contribution is 6.09. The minimum absolute atomic E-state index is 0.00457. The van der Waals surface area contributed by atoms with Crippen LogP contribution >= 0.6 is 0 Å². The Morgan fingerprint density at radius 1 is 1.02 bits per heavy atom. The molecule has 2 N–H and O–H groups in total. The molecule has 0 radical (unpaired) electrons. The lowest BCUT2D eigenvalue weighted by Crippen LogP contribution is -2.37. The predicted molar refractivity (Wildman–Crippen MR) is 155 cm³/mol. The van der Waals surface area contributed by atoms with Gasteiger partial charge in [-0.05, 0) is 61.1 Å². The first kappa shape index (κ1) is 27.8. The maximum Gasteiger partial charge on any atom is 0.302 e. The number of amides is 1. The average molecular weight is 552 g/mol.